The normalized spacial score (nSPS) is 11.8. The molecule has 120 valence electrons. The van der Waals surface area contributed by atoms with Crippen LogP contribution in [0.15, 0.2) is 30.3 Å². The summed E-state index contributed by atoms with van der Waals surface area (Å²) < 4.78 is -0.0303. The van der Waals surface area contributed by atoms with E-state index in [1.807, 2.05) is 18.2 Å². The molecule has 0 amide bonds. The summed E-state index contributed by atoms with van der Waals surface area (Å²) in [6, 6.07) is 10.3. The minimum Gasteiger partial charge on any atom is -0.633 e. The summed E-state index contributed by atoms with van der Waals surface area (Å²) in [6.07, 6.45) is 9.49. The van der Waals surface area contributed by atoms with Crippen molar-refractivity contribution in [3.05, 3.63) is 41.1 Å². The lowest BCUT2D eigenvalue weighted by atomic mass is 10.1. The molecule has 0 unspecified atom stereocenters. The fourth-order valence-corrected chi connectivity index (χ4v) is 2.84. The molecule has 0 fully saturated rings. The summed E-state index contributed by atoms with van der Waals surface area (Å²) in [5.74, 6) is 0. The van der Waals surface area contributed by atoms with Crippen LogP contribution < -0.4 is 0 Å². The molecular formula is C19H33NO. The molecule has 0 atom stereocenters. The van der Waals surface area contributed by atoms with Gasteiger partial charge >= 0.3 is 0 Å². The molecular weight excluding hydrogens is 258 g/mol. The summed E-state index contributed by atoms with van der Waals surface area (Å²) >= 11 is 0. The Labute approximate surface area is 131 Å². The first-order valence-electron chi connectivity index (χ1n) is 8.81. The third-order valence-electron chi connectivity index (χ3n) is 4.15. The van der Waals surface area contributed by atoms with E-state index in [-0.39, 0.29) is 4.65 Å². The van der Waals surface area contributed by atoms with Crippen LogP contribution in [0.25, 0.3) is 0 Å². The molecule has 21 heavy (non-hydrogen) atoms. The summed E-state index contributed by atoms with van der Waals surface area (Å²) in [4.78, 5) is 0. The van der Waals surface area contributed by atoms with Gasteiger partial charge in [0.15, 0.2) is 0 Å². The zero-order valence-electron chi connectivity index (χ0n) is 14.0. The number of hydrogen-bond acceptors (Lipinski definition) is 1. The van der Waals surface area contributed by atoms with E-state index in [9.17, 15) is 5.21 Å². The molecule has 2 nitrogen and oxygen atoms in total. The Morgan fingerprint density at radius 3 is 1.76 bits per heavy atom. The van der Waals surface area contributed by atoms with Gasteiger partial charge in [0.25, 0.3) is 0 Å². The molecule has 0 heterocycles. The van der Waals surface area contributed by atoms with Crippen LogP contribution in [-0.2, 0) is 6.54 Å². The maximum absolute atomic E-state index is 13.1. The van der Waals surface area contributed by atoms with Gasteiger partial charge in [-0.05, 0) is 25.7 Å². The topological polar surface area (TPSA) is 23.1 Å². The van der Waals surface area contributed by atoms with E-state index in [1.165, 1.54) is 44.1 Å². The smallest absolute Gasteiger partial charge is 0.104 e. The van der Waals surface area contributed by atoms with Crippen molar-refractivity contribution in [1.82, 2.24) is 0 Å². The lowest BCUT2D eigenvalue weighted by Crippen LogP contribution is -2.43. The minimum absolute atomic E-state index is 0.0303. The molecule has 2 heteroatoms. The second-order valence-electron chi connectivity index (χ2n) is 6.27. The zero-order chi connectivity index (χ0) is 15.4. The molecule has 0 bridgehead atoms. The van der Waals surface area contributed by atoms with Crippen LogP contribution in [0, 0.1) is 5.21 Å². The number of quaternary nitrogens is 1. The highest BCUT2D eigenvalue weighted by Gasteiger charge is 2.16. The molecule has 0 aromatic heterocycles. The fraction of sp³-hybridized carbons (Fsp3) is 0.684. The summed E-state index contributed by atoms with van der Waals surface area (Å²) in [5, 5.41) is 13.1. The molecule has 0 saturated heterocycles. The van der Waals surface area contributed by atoms with Crippen LogP contribution >= 0.6 is 0 Å². The molecule has 0 aliphatic rings. The maximum atomic E-state index is 13.1. The first kappa shape index (κ1) is 18.2. The Kier molecular flexibility index (Phi) is 9.36. The van der Waals surface area contributed by atoms with Gasteiger partial charge in [0.1, 0.15) is 6.54 Å². The monoisotopic (exact) mass is 291 g/mol. The van der Waals surface area contributed by atoms with Crippen LogP contribution in [-0.4, -0.2) is 17.7 Å². The van der Waals surface area contributed by atoms with E-state index >= 15 is 0 Å². The quantitative estimate of drug-likeness (QED) is 0.277. The van der Waals surface area contributed by atoms with E-state index in [1.54, 1.807) is 0 Å². The van der Waals surface area contributed by atoms with E-state index in [2.05, 4.69) is 26.0 Å². The standard InChI is InChI=1S/C19H33NO/c1-3-5-7-12-16-20(21,17-13-8-6-4-2)18-19-14-10-9-11-15-19/h9-11,14-15H,3-8,12-13,16-18H2,1-2H3. The molecule has 1 aromatic carbocycles. The molecule has 1 rings (SSSR count). The number of rotatable bonds is 12. The summed E-state index contributed by atoms with van der Waals surface area (Å²) in [7, 11) is 0. The Hall–Kier alpha value is -0.860. The van der Waals surface area contributed by atoms with Crippen molar-refractivity contribution in [2.45, 2.75) is 71.8 Å². The van der Waals surface area contributed by atoms with E-state index < -0.39 is 0 Å². The third-order valence-corrected chi connectivity index (χ3v) is 4.15. The van der Waals surface area contributed by atoms with Gasteiger partial charge in [-0.2, -0.15) is 0 Å². The van der Waals surface area contributed by atoms with Gasteiger partial charge < -0.3 is 9.85 Å². The lowest BCUT2D eigenvalue weighted by Gasteiger charge is -2.43. The molecule has 0 saturated carbocycles. The SMILES string of the molecule is CCCCCC[N+]([O-])(CCCCCC)Cc1ccccc1. The van der Waals surface area contributed by atoms with Gasteiger partial charge in [0.05, 0.1) is 13.1 Å². The average molecular weight is 291 g/mol. The molecule has 0 spiro atoms. The van der Waals surface area contributed by atoms with Crippen molar-refractivity contribution < 1.29 is 4.65 Å². The molecule has 0 N–H and O–H groups in total. The van der Waals surface area contributed by atoms with Crippen LogP contribution in [0.2, 0.25) is 0 Å². The van der Waals surface area contributed by atoms with E-state index in [0.717, 1.165) is 25.9 Å². The van der Waals surface area contributed by atoms with Gasteiger partial charge in [0.2, 0.25) is 0 Å². The highest BCUT2D eigenvalue weighted by molar-refractivity contribution is 5.13. The summed E-state index contributed by atoms with van der Waals surface area (Å²) in [5.41, 5.74) is 1.18. The van der Waals surface area contributed by atoms with Crippen molar-refractivity contribution in [2.75, 3.05) is 13.1 Å². The van der Waals surface area contributed by atoms with Gasteiger partial charge in [0, 0.05) is 5.56 Å². The average Bonchev–Trinajstić information content (AvgIpc) is 2.49. The van der Waals surface area contributed by atoms with Crippen LogP contribution in [0.5, 0.6) is 0 Å². The van der Waals surface area contributed by atoms with E-state index in [4.69, 9.17) is 0 Å². The zero-order valence-corrected chi connectivity index (χ0v) is 14.0. The second kappa shape index (κ2) is 10.8. The largest absolute Gasteiger partial charge is 0.633 e. The summed E-state index contributed by atoms with van der Waals surface area (Å²) in [6.45, 7) is 6.63. The number of hydrogen-bond donors (Lipinski definition) is 0. The molecule has 0 aliphatic heterocycles. The van der Waals surface area contributed by atoms with Crippen molar-refractivity contribution in [3.63, 3.8) is 0 Å². The minimum atomic E-state index is -0.0303. The first-order chi connectivity index (χ1) is 10.2. The van der Waals surface area contributed by atoms with Crippen LogP contribution in [0.3, 0.4) is 0 Å². The van der Waals surface area contributed by atoms with Gasteiger partial charge in [-0.1, -0.05) is 69.9 Å². The Morgan fingerprint density at radius 2 is 1.29 bits per heavy atom. The number of benzene rings is 1. The fourth-order valence-electron chi connectivity index (χ4n) is 2.84. The van der Waals surface area contributed by atoms with Crippen molar-refractivity contribution in [2.24, 2.45) is 0 Å². The third kappa shape index (κ3) is 8.23. The maximum Gasteiger partial charge on any atom is 0.104 e. The number of nitrogens with zero attached hydrogens (tertiary/aromatic N) is 1. The van der Waals surface area contributed by atoms with Gasteiger partial charge in [-0.3, -0.25) is 0 Å². The Morgan fingerprint density at radius 1 is 0.762 bits per heavy atom. The molecule has 0 radical (unpaired) electrons. The van der Waals surface area contributed by atoms with Crippen molar-refractivity contribution in [3.8, 4) is 0 Å². The molecule has 1 aromatic rings. The Bertz CT molecular complexity index is 338. The number of unbranched alkanes of at least 4 members (excludes halogenated alkanes) is 6. The van der Waals surface area contributed by atoms with Crippen molar-refractivity contribution >= 4 is 0 Å². The van der Waals surface area contributed by atoms with Crippen molar-refractivity contribution in [1.29, 1.82) is 0 Å². The highest BCUT2D eigenvalue weighted by Crippen LogP contribution is 2.17. The predicted octanol–water partition coefficient (Wildman–Crippen LogP) is 5.66. The first-order valence-corrected chi connectivity index (χ1v) is 8.81. The Balaban J connectivity index is 2.50. The van der Waals surface area contributed by atoms with Gasteiger partial charge in [-0.15, -0.1) is 0 Å². The second-order valence-corrected chi connectivity index (χ2v) is 6.27. The van der Waals surface area contributed by atoms with Crippen LogP contribution in [0.1, 0.15) is 70.8 Å². The van der Waals surface area contributed by atoms with Crippen LogP contribution in [0.4, 0.5) is 0 Å². The molecule has 0 aliphatic carbocycles. The highest BCUT2D eigenvalue weighted by atomic mass is 16.5. The lowest BCUT2D eigenvalue weighted by molar-refractivity contribution is -0.894. The predicted molar refractivity (Wildman–Crippen MR) is 91.8 cm³/mol. The number of hydroxylamine groups is 3. The van der Waals surface area contributed by atoms with E-state index in [0.29, 0.717) is 6.54 Å². The van der Waals surface area contributed by atoms with Gasteiger partial charge in [-0.25, -0.2) is 0 Å².